The Bertz CT molecular complexity index is 698. The van der Waals surface area contributed by atoms with Crippen LogP contribution in [0.25, 0.3) is 0 Å². The van der Waals surface area contributed by atoms with Gasteiger partial charge in [-0.25, -0.2) is 4.99 Å². The Hall–Kier alpha value is -2.22. The molecule has 0 saturated heterocycles. The molecule has 2 nitrogen and oxygen atoms in total. The van der Waals surface area contributed by atoms with E-state index in [-0.39, 0.29) is 5.91 Å². The van der Waals surface area contributed by atoms with Gasteiger partial charge in [-0.3, -0.25) is 4.79 Å². The smallest absolute Gasteiger partial charge is 0.267 e. The minimum Gasteiger partial charge on any atom is -0.267 e. The SMILES string of the molecule is CCCCCc1ccc(C2=NC(=O)c3ccccc3C2)cc1. The van der Waals surface area contributed by atoms with Crippen LogP contribution >= 0.6 is 0 Å². The van der Waals surface area contributed by atoms with Crippen molar-refractivity contribution in [2.24, 2.45) is 4.99 Å². The predicted molar refractivity (Wildman–Crippen MR) is 90.7 cm³/mol. The number of hydrogen-bond acceptors (Lipinski definition) is 1. The number of aliphatic imine (C=N–C) groups is 1. The molecule has 0 aromatic heterocycles. The quantitative estimate of drug-likeness (QED) is 0.740. The number of benzene rings is 2. The molecule has 0 unspecified atom stereocenters. The molecule has 2 heteroatoms. The summed E-state index contributed by atoms with van der Waals surface area (Å²) in [7, 11) is 0. The predicted octanol–water partition coefficient (Wildman–Crippen LogP) is 4.60. The molecule has 1 amide bonds. The highest BCUT2D eigenvalue weighted by Gasteiger charge is 2.19. The molecule has 112 valence electrons. The van der Waals surface area contributed by atoms with Gasteiger partial charge in [-0.1, -0.05) is 62.2 Å². The fraction of sp³-hybridized carbons (Fsp3) is 0.300. The molecule has 0 spiro atoms. The molecular weight excluding hydrogens is 270 g/mol. The third-order valence-electron chi connectivity index (χ3n) is 4.20. The highest BCUT2D eigenvalue weighted by Crippen LogP contribution is 2.20. The van der Waals surface area contributed by atoms with E-state index in [2.05, 4.69) is 36.2 Å². The summed E-state index contributed by atoms with van der Waals surface area (Å²) in [5, 5.41) is 0. The van der Waals surface area contributed by atoms with Crippen LogP contribution in [0.4, 0.5) is 0 Å². The van der Waals surface area contributed by atoms with Gasteiger partial charge in [0.25, 0.3) is 5.91 Å². The lowest BCUT2D eigenvalue weighted by molar-refractivity contribution is 0.1000. The van der Waals surface area contributed by atoms with Crippen molar-refractivity contribution in [1.29, 1.82) is 0 Å². The van der Waals surface area contributed by atoms with Crippen molar-refractivity contribution in [2.45, 2.75) is 39.0 Å². The van der Waals surface area contributed by atoms with Gasteiger partial charge in [-0.2, -0.15) is 0 Å². The van der Waals surface area contributed by atoms with Gasteiger partial charge in [0.2, 0.25) is 0 Å². The maximum atomic E-state index is 12.1. The standard InChI is InChI=1S/C20H21NO/c1-2-3-4-7-15-10-12-16(13-11-15)19-14-17-8-5-6-9-18(17)20(22)21-19/h5-6,8-13H,2-4,7,14H2,1H3. The van der Waals surface area contributed by atoms with E-state index in [1.54, 1.807) is 0 Å². The maximum absolute atomic E-state index is 12.1. The molecule has 0 aliphatic carbocycles. The average Bonchev–Trinajstić information content (AvgIpc) is 2.56. The Kier molecular flexibility index (Phi) is 4.47. The van der Waals surface area contributed by atoms with Crippen LogP contribution in [0.3, 0.4) is 0 Å². The van der Waals surface area contributed by atoms with E-state index in [1.165, 1.54) is 24.8 Å². The summed E-state index contributed by atoms with van der Waals surface area (Å²) in [6.07, 6.45) is 5.62. The number of carbonyl (C=O) groups is 1. The lowest BCUT2D eigenvalue weighted by Crippen LogP contribution is -2.17. The van der Waals surface area contributed by atoms with Crippen LogP contribution in [0.1, 0.15) is 53.2 Å². The van der Waals surface area contributed by atoms with Gasteiger partial charge in [-0.05, 0) is 35.6 Å². The van der Waals surface area contributed by atoms with E-state index >= 15 is 0 Å². The minimum absolute atomic E-state index is 0.121. The van der Waals surface area contributed by atoms with Crippen molar-refractivity contribution in [2.75, 3.05) is 0 Å². The third-order valence-corrected chi connectivity index (χ3v) is 4.20. The monoisotopic (exact) mass is 291 g/mol. The molecule has 22 heavy (non-hydrogen) atoms. The zero-order valence-corrected chi connectivity index (χ0v) is 13.0. The minimum atomic E-state index is -0.121. The normalized spacial score (nSPS) is 13.7. The van der Waals surface area contributed by atoms with E-state index in [9.17, 15) is 4.79 Å². The number of carbonyl (C=O) groups excluding carboxylic acids is 1. The Balaban J connectivity index is 1.76. The van der Waals surface area contributed by atoms with Gasteiger partial charge in [0, 0.05) is 12.0 Å². The summed E-state index contributed by atoms with van der Waals surface area (Å²) in [6, 6.07) is 16.3. The van der Waals surface area contributed by atoms with Gasteiger partial charge >= 0.3 is 0 Å². The summed E-state index contributed by atoms with van der Waals surface area (Å²) in [5.74, 6) is -0.121. The number of rotatable bonds is 5. The first-order chi connectivity index (χ1) is 10.8. The molecule has 2 aromatic carbocycles. The van der Waals surface area contributed by atoms with Crippen molar-refractivity contribution >= 4 is 11.6 Å². The summed E-state index contributed by atoms with van der Waals surface area (Å²) < 4.78 is 0. The lowest BCUT2D eigenvalue weighted by atomic mass is 9.94. The maximum Gasteiger partial charge on any atom is 0.277 e. The van der Waals surface area contributed by atoms with Crippen LogP contribution in [-0.2, 0) is 12.8 Å². The lowest BCUT2D eigenvalue weighted by Gasteiger charge is -2.15. The second kappa shape index (κ2) is 6.69. The van der Waals surface area contributed by atoms with Crippen molar-refractivity contribution < 1.29 is 4.79 Å². The Morgan fingerprint density at radius 2 is 1.77 bits per heavy atom. The van der Waals surface area contributed by atoms with Crippen LogP contribution in [0.15, 0.2) is 53.5 Å². The largest absolute Gasteiger partial charge is 0.277 e. The third kappa shape index (κ3) is 3.16. The molecule has 0 N–H and O–H groups in total. The van der Waals surface area contributed by atoms with Crippen molar-refractivity contribution in [3.8, 4) is 0 Å². The molecule has 0 fully saturated rings. The Labute approximate surface area is 131 Å². The first-order valence-corrected chi connectivity index (χ1v) is 8.07. The number of amides is 1. The fourth-order valence-electron chi connectivity index (χ4n) is 2.90. The first kappa shape index (κ1) is 14.7. The van der Waals surface area contributed by atoms with E-state index < -0.39 is 0 Å². The molecule has 1 heterocycles. The highest BCUT2D eigenvalue weighted by molar-refractivity contribution is 6.15. The Morgan fingerprint density at radius 1 is 1.00 bits per heavy atom. The zero-order chi connectivity index (χ0) is 15.4. The molecule has 2 aromatic rings. The molecule has 1 aliphatic rings. The topological polar surface area (TPSA) is 29.4 Å². The van der Waals surface area contributed by atoms with Crippen molar-refractivity contribution in [3.05, 3.63) is 70.8 Å². The molecule has 0 bridgehead atoms. The summed E-state index contributed by atoms with van der Waals surface area (Å²) in [5.41, 5.74) is 5.11. The molecular formula is C20H21NO. The van der Waals surface area contributed by atoms with Crippen LogP contribution in [0.2, 0.25) is 0 Å². The number of aryl methyl sites for hydroxylation is 1. The van der Waals surface area contributed by atoms with E-state index in [0.29, 0.717) is 0 Å². The van der Waals surface area contributed by atoms with Crippen LogP contribution in [0, 0.1) is 0 Å². The van der Waals surface area contributed by atoms with Gasteiger partial charge in [0.1, 0.15) is 0 Å². The summed E-state index contributed by atoms with van der Waals surface area (Å²) in [4.78, 5) is 16.4. The molecule has 3 rings (SSSR count). The second-order valence-corrected chi connectivity index (χ2v) is 5.85. The van der Waals surface area contributed by atoms with Gasteiger partial charge in [-0.15, -0.1) is 0 Å². The van der Waals surface area contributed by atoms with E-state index in [0.717, 1.165) is 35.2 Å². The number of fused-ring (bicyclic) bond motifs is 1. The number of hydrogen-bond donors (Lipinski definition) is 0. The van der Waals surface area contributed by atoms with Gasteiger partial charge < -0.3 is 0 Å². The van der Waals surface area contributed by atoms with Crippen molar-refractivity contribution in [3.63, 3.8) is 0 Å². The molecule has 1 aliphatic heterocycles. The Morgan fingerprint density at radius 3 is 2.55 bits per heavy atom. The van der Waals surface area contributed by atoms with Crippen LogP contribution < -0.4 is 0 Å². The van der Waals surface area contributed by atoms with E-state index in [1.807, 2.05) is 24.3 Å². The fourth-order valence-corrected chi connectivity index (χ4v) is 2.90. The van der Waals surface area contributed by atoms with E-state index in [4.69, 9.17) is 0 Å². The molecule has 0 saturated carbocycles. The number of nitrogens with zero attached hydrogens (tertiary/aromatic N) is 1. The summed E-state index contributed by atoms with van der Waals surface area (Å²) in [6.45, 7) is 2.22. The first-order valence-electron chi connectivity index (χ1n) is 8.07. The van der Waals surface area contributed by atoms with Gasteiger partial charge in [0.05, 0.1) is 5.71 Å². The van der Waals surface area contributed by atoms with Crippen molar-refractivity contribution in [1.82, 2.24) is 0 Å². The highest BCUT2D eigenvalue weighted by atomic mass is 16.1. The average molecular weight is 291 g/mol. The molecule has 0 atom stereocenters. The molecule has 0 radical (unpaired) electrons. The summed E-state index contributed by atoms with van der Waals surface area (Å²) >= 11 is 0. The van der Waals surface area contributed by atoms with Crippen LogP contribution in [0.5, 0.6) is 0 Å². The second-order valence-electron chi connectivity index (χ2n) is 5.85. The zero-order valence-electron chi connectivity index (χ0n) is 13.0. The van der Waals surface area contributed by atoms with Crippen LogP contribution in [-0.4, -0.2) is 11.6 Å². The van der Waals surface area contributed by atoms with Gasteiger partial charge in [0.15, 0.2) is 0 Å². The number of unbranched alkanes of at least 4 members (excludes halogenated alkanes) is 2.